The fourth-order valence-electron chi connectivity index (χ4n) is 2.31. The van der Waals surface area contributed by atoms with E-state index >= 15 is 0 Å². The van der Waals surface area contributed by atoms with Gasteiger partial charge in [0.05, 0.1) is 0 Å². The summed E-state index contributed by atoms with van der Waals surface area (Å²) in [6.07, 6.45) is 4.89. The number of nitrogens with zero attached hydrogens (tertiary/aromatic N) is 2. The van der Waals surface area contributed by atoms with E-state index in [9.17, 15) is 0 Å². The van der Waals surface area contributed by atoms with E-state index in [0.717, 1.165) is 19.5 Å². The molecule has 0 fully saturated rings. The van der Waals surface area contributed by atoms with Crippen LogP contribution in [0.25, 0.3) is 0 Å². The van der Waals surface area contributed by atoms with Gasteiger partial charge in [0.2, 0.25) is 0 Å². The topological polar surface area (TPSA) is 28.2 Å². The Bertz CT molecular complexity index is 296. The second kappa shape index (κ2) is 7.41. The first-order valence-electron chi connectivity index (χ1n) is 6.53. The van der Waals surface area contributed by atoms with Crippen LogP contribution in [0.2, 0.25) is 0 Å². The number of rotatable bonds is 7. The molecule has 17 heavy (non-hydrogen) atoms. The van der Waals surface area contributed by atoms with Crippen molar-refractivity contribution < 1.29 is 0 Å². The van der Waals surface area contributed by atoms with Crippen molar-refractivity contribution in [2.45, 2.75) is 45.8 Å². The van der Waals surface area contributed by atoms with Crippen LogP contribution in [0, 0.1) is 0 Å². The lowest BCUT2D eigenvalue weighted by Gasteiger charge is -2.33. The molecule has 0 saturated heterocycles. The molecular formula is C14H25N3. The van der Waals surface area contributed by atoms with Gasteiger partial charge in [-0.1, -0.05) is 13.8 Å². The van der Waals surface area contributed by atoms with E-state index in [2.05, 4.69) is 48.1 Å². The van der Waals surface area contributed by atoms with Crippen molar-refractivity contribution in [2.24, 2.45) is 0 Å². The predicted molar refractivity (Wildman–Crippen MR) is 72.9 cm³/mol. The summed E-state index contributed by atoms with van der Waals surface area (Å²) in [6.45, 7) is 8.83. The van der Waals surface area contributed by atoms with Crippen molar-refractivity contribution in [1.29, 1.82) is 0 Å². The van der Waals surface area contributed by atoms with Crippen molar-refractivity contribution in [3.8, 4) is 0 Å². The van der Waals surface area contributed by atoms with E-state index in [1.807, 2.05) is 19.4 Å². The van der Waals surface area contributed by atoms with Crippen LogP contribution in [0.1, 0.15) is 32.8 Å². The SMILES string of the molecule is CCC(NC)C(C)N(CC)Cc1ccncc1. The van der Waals surface area contributed by atoms with Gasteiger partial charge in [-0.25, -0.2) is 0 Å². The lowest BCUT2D eigenvalue weighted by atomic mass is 10.1. The first kappa shape index (κ1) is 14.1. The molecule has 96 valence electrons. The number of likely N-dealkylation sites (N-methyl/N-ethyl adjacent to an activating group) is 2. The van der Waals surface area contributed by atoms with E-state index in [-0.39, 0.29) is 0 Å². The summed E-state index contributed by atoms with van der Waals surface area (Å²) in [6, 6.07) is 5.28. The molecule has 1 N–H and O–H groups in total. The van der Waals surface area contributed by atoms with Gasteiger partial charge in [0.25, 0.3) is 0 Å². The number of pyridine rings is 1. The molecule has 0 aliphatic rings. The Morgan fingerprint density at radius 3 is 2.41 bits per heavy atom. The van der Waals surface area contributed by atoms with Crippen molar-refractivity contribution in [3.05, 3.63) is 30.1 Å². The van der Waals surface area contributed by atoms with Crippen molar-refractivity contribution >= 4 is 0 Å². The fraction of sp³-hybridized carbons (Fsp3) is 0.643. The Balaban J connectivity index is 2.65. The van der Waals surface area contributed by atoms with Gasteiger partial charge in [0, 0.05) is 31.0 Å². The number of hydrogen-bond donors (Lipinski definition) is 1. The Morgan fingerprint density at radius 1 is 1.29 bits per heavy atom. The minimum absolute atomic E-state index is 0.545. The number of nitrogens with one attached hydrogen (secondary N) is 1. The summed E-state index contributed by atoms with van der Waals surface area (Å²) >= 11 is 0. The molecule has 0 amide bonds. The molecule has 0 saturated carbocycles. The fourth-order valence-corrected chi connectivity index (χ4v) is 2.31. The highest BCUT2D eigenvalue weighted by atomic mass is 15.2. The second-order valence-corrected chi connectivity index (χ2v) is 4.46. The Morgan fingerprint density at radius 2 is 1.94 bits per heavy atom. The molecule has 1 aromatic heterocycles. The molecule has 2 unspecified atom stereocenters. The maximum atomic E-state index is 4.06. The third-order valence-electron chi connectivity index (χ3n) is 3.51. The van der Waals surface area contributed by atoms with Crippen LogP contribution < -0.4 is 5.32 Å². The minimum Gasteiger partial charge on any atom is -0.315 e. The molecular weight excluding hydrogens is 210 g/mol. The van der Waals surface area contributed by atoms with E-state index in [1.165, 1.54) is 5.56 Å². The van der Waals surface area contributed by atoms with Crippen LogP contribution in [-0.2, 0) is 6.54 Å². The first-order chi connectivity index (χ1) is 8.22. The molecule has 1 aromatic rings. The maximum absolute atomic E-state index is 4.06. The molecule has 1 rings (SSSR count). The summed E-state index contributed by atoms with van der Waals surface area (Å²) in [7, 11) is 2.05. The minimum atomic E-state index is 0.545. The zero-order valence-corrected chi connectivity index (χ0v) is 11.5. The van der Waals surface area contributed by atoms with Gasteiger partial charge in [0.1, 0.15) is 0 Å². The van der Waals surface area contributed by atoms with Crippen LogP contribution >= 0.6 is 0 Å². The first-order valence-corrected chi connectivity index (χ1v) is 6.53. The van der Waals surface area contributed by atoms with Crippen molar-refractivity contribution in [2.75, 3.05) is 13.6 Å². The van der Waals surface area contributed by atoms with Gasteiger partial charge in [-0.3, -0.25) is 9.88 Å². The van der Waals surface area contributed by atoms with Gasteiger partial charge in [-0.15, -0.1) is 0 Å². The van der Waals surface area contributed by atoms with E-state index < -0.39 is 0 Å². The average Bonchev–Trinajstić information content (AvgIpc) is 2.38. The lowest BCUT2D eigenvalue weighted by Crippen LogP contribution is -2.46. The zero-order valence-electron chi connectivity index (χ0n) is 11.5. The highest BCUT2D eigenvalue weighted by Crippen LogP contribution is 2.11. The quantitative estimate of drug-likeness (QED) is 0.786. The third kappa shape index (κ3) is 4.10. The predicted octanol–water partition coefficient (Wildman–Crippen LogP) is 2.29. The molecule has 0 aliphatic heterocycles. The van der Waals surface area contributed by atoms with Crippen LogP contribution in [0.15, 0.2) is 24.5 Å². The maximum Gasteiger partial charge on any atom is 0.0271 e. The summed E-state index contributed by atoms with van der Waals surface area (Å²) in [5, 5.41) is 3.40. The van der Waals surface area contributed by atoms with Gasteiger partial charge in [-0.05, 0) is 44.6 Å². The Kier molecular flexibility index (Phi) is 6.16. The monoisotopic (exact) mass is 235 g/mol. The molecule has 3 heteroatoms. The van der Waals surface area contributed by atoms with Crippen LogP contribution in [0.4, 0.5) is 0 Å². The van der Waals surface area contributed by atoms with Crippen molar-refractivity contribution in [3.63, 3.8) is 0 Å². The molecule has 0 aromatic carbocycles. The molecule has 3 nitrogen and oxygen atoms in total. The molecule has 0 bridgehead atoms. The highest BCUT2D eigenvalue weighted by molar-refractivity contribution is 5.09. The van der Waals surface area contributed by atoms with Gasteiger partial charge < -0.3 is 5.32 Å². The standard InChI is InChI=1S/C14H25N3/c1-5-14(15-4)12(3)17(6-2)11-13-7-9-16-10-8-13/h7-10,12,14-15H,5-6,11H2,1-4H3. The van der Waals surface area contributed by atoms with Gasteiger partial charge in [-0.2, -0.15) is 0 Å². The molecule has 0 aliphatic carbocycles. The van der Waals surface area contributed by atoms with Crippen molar-refractivity contribution in [1.82, 2.24) is 15.2 Å². The summed E-state index contributed by atoms with van der Waals surface area (Å²) < 4.78 is 0. The third-order valence-corrected chi connectivity index (χ3v) is 3.51. The average molecular weight is 235 g/mol. The molecule has 1 heterocycles. The summed E-state index contributed by atoms with van der Waals surface area (Å²) in [5.74, 6) is 0. The second-order valence-electron chi connectivity index (χ2n) is 4.46. The summed E-state index contributed by atoms with van der Waals surface area (Å²) in [5.41, 5.74) is 1.33. The normalized spacial score (nSPS) is 14.9. The number of hydrogen-bond acceptors (Lipinski definition) is 3. The highest BCUT2D eigenvalue weighted by Gasteiger charge is 2.19. The molecule has 2 atom stereocenters. The molecule has 0 spiro atoms. The van der Waals surface area contributed by atoms with E-state index in [4.69, 9.17) is 0 Å². The van der Waals surface area contributed by atoms with E-state index in [1.54, 1.807) is 0 Å². The number of aromatic nitrogens is 1. The van der Waals surface area contributed by atoms with Gasteiger partial charge in [0.15, 0.2) is 0 Å². The van der Waals surface area contributed by atoms with Crippen LogP contribution in [0.5, 0.6) is 0 Å². The summed E-state index contributed by atoms with van der Waals surface area (Å²) in [4.78, 5) is 6.56. The van der Waals surface area contributed by atoms with Gasteiger partial charge >= 0.3 is 0 Å². The Labute approximate surface area is 105 Å². The Hall–Kier alpha value is -0.930. The largest absolute Gasteiger partial charge is 0.315 e. The zero-order chi connectivity index (χ0) is 12.7. The van der Waals surface area contributed by atoms with Crippen LogP contribution in [0.3, 0.4) is 0 Å². The lowest BCUT2D eigenvalue weighted by molar-refractivity contribution is 0.170. The smallest absolute Gasteiger partial charge is 0.0271 e. The van der Waals surface area contributed by atoms with E-state index in [0.29, 0.717) is 12.1 Å². The molecule has 0 radical (unpaired) electrons. The van der Waals surface area contributed by atoms with Crippen LogP contribution in [-0.4, -0.2) is 35.6 Å².